The molecule has 12 nitrogen and oxygen atoms in total. The van der Waals surface area contributed by atoms with Crippen LogP contribution in [0.1, 0.15) is 38.9 Å². The lowest BCUT2D eigenvalue weighted by molar-refractivity contribution is -0.144. The van der Waals surface area contributed by atoms with Gasteiger partial charge in [0.2, 0.25) is 11.5 Å². The zero-order chi connectivity index (χ0) is 27.2. The molecule has 2 unspecified atom stereocenters. The zero-order valence-electron chi connectivity index (χ0n) is 22.2. The van der Waals surface area contributed by atoms with Crippen molar-refractivity contribution < 1.29 is 19.2 Å². The molecule has 3 aliphatic rings. The molecular weight excluding hydrogens is 500 g/mol. The van der Waals surface area contributed by atoms with E-state index in [-0.39, 0.29) is 18.2 Å². The Hall–Kier alpha value is -3.90. The van der Waals surface area contributed by atoms with Crippen LogP contribution in [0.2, 0.25) is 0 Å². The normalized spacial score (nSPS) is 27.5. The summed E-state index contributed by atoms with van der Waals surface area (Å²) in [6.45, 7) is 6.22. The average molecular weight is 533 g/mol. The SMILES string of the molecule is CC1N(C2CCOCC2)N=CC1(C)Nc1nccc(-c2cccc(-c3cc([C@@]4(O)CCN(C)C4=O)on3)n2)n1. The van der Waals surface area contributed by atoms with Crippen LogP contribution in [0, 0.1) is 0 Å². The standard InChI is InChI=1S/C27H32N8O4/c1-17-26(2,16-29-35(17)18-8-13-38-14-9-18)32-25-28-11-7-21(31-25)19-5-4-6-20(30-19)22-15-23(39-33-22)27(37)10-12-34(3)24(27)36/h4-7,11,15-18,37H,8-10,12-14H2,1-3H3,(H,28,31,32)/t17?,26?,27-/m0/s1. The molecular formula is C27H32N8O4. The first-order valence-electron chi connectivity index (χ1n) is 13.2. The molecule has 3 aromatic rings. The van der Waals surface area contributed by atoms with E-state index in [0.717, 1.165) is 26.1 Å². The minimum Gasteiger partial charge on any atom is -0.381 e. The summed E-state index contributed by atoms with van der Waals surface area (Å²) in [6.07, 6.45) is 5.80. The second-order valence-corrected chi connectivity index (χ2v) is 10.6. The number of nitrogens with zero attached hydrogens (tertiary/aromatic N) is 7. The van der Waals surface area contributed by atoms with E-state index in [1.807, 2.05) is 18.3 Å². The van der Waals surface area contributed by atoms with Gasteiger partial charge in [0.25, 0.3) is 5.91 Å². The monoisotopic (exact) mass is 532 g/mol. The van der Waals surface area contributed by atoms with Gasteiger partial charge in [-0.1, -0.05) is 11.2 Å². The summed E-state index contributed by atoms with van der Waals surface area (Å²) in [7, 11) is 1.65. The highest BCUT2D eigenvalue weighted by atomic mass is 16.5. The van der Waals surface area contributed by atoms with E-state index in [2.05, 4.69) is 34.3 Å². The number of amides is 1. The van der Waals surface area contributed by atoms with Crippen molar-refractivity contribution >= 4 is 18.1 Å². The summed E-state index contributed by atoms with van der Waals surface area (Å²) < 4.78 is 10.9. The molecule has 2 saturated heterocycles. The number of pyridine rings is 1. The summed E-state index contributed by atoms with van der Waals surface area (Å²) in [4.78, 5) is 27.8. The van der Waals surface area contributed by atoms with Crippen LogP contribution in [-0.2, 0) is 15.1 Å². The summed E-state index contributed by atoms with van der Waals surface area (Å²) >= 11 is 0. The highest BCUT2D eigenvalue weighted by Gasteiger charge is 2.48. The Balaban J connectivity index is 1.20. The number of ether oxygens (including phenoxy) is 1. The molecule has 6 rings (SSSR count). The maximum Gasteiger partial charge on any atom is 0.262 e. The number of hydrogen-bond acceptors (Lipinski definition) is 11. The molecule has 0 aliphatic carbocycles. The Labute approximate surface area is 226 Å². The highest BCUT2D eigenvalue weighted by molar-refractivity contribution is 5.87. The third-order valence-electron chi connectivity index (χ3n) is 8.03. The van der Waals surface area contributed by atoms with E-state index in [0.29, 0.717) is 41.3 Å². The molecule has 2 fully saturated rings. The summed E-state index contributed by atoms with van der Waals surface area (Å²) in [6, 6.07) is 9.33. The Morgan fingerprint density at radius 2 is 1.85 bits per heavy atom. The second kappa shape index (κ2) is 9.69. The molecule has 39 heavy (non-hydrogen) atoms. The molecule has 0 saturated carbocycles. The van der Waals surface area contributed by atoms with Crippen LogP contribution in [-0.4, -0.2) is 91.7 Å². The quantitative estimate of drug-likeness (QED) is 0.485. The van der Waals surface area contributed by atoms with Crippen LogP contribution in [0.25, 0.3) is 22.8 Å². The molecule has 12 heteroatoms. The zero-order valence-corrected chi connectivity index (χ0v) is 22.2. The first-order valence-corrected chi connectivity index (χ1v) is 13.2. The van der Waals surface area contributed by atoms with Crippen molar-refractivity contribution in [1.29, 1.82) is 0 Å². The number of hydrogen-bond donors (Lipinski definition) is 2. The summed E-state index contributed by atoms with van der Waals surface area (Å²) in [5.41, 5.74) is 0.0641. The maximum absolute atomic E-state index is 12.4. The molecule has 6 heterocycles. The van der Waals surface area contributed by atoms with Gasteiger partial charge in [-0.15, -0.1) is 0 Å². The molecule has 3 aliphatic heterocycles. The number of anilines is 1. The first-order chi connectivity index (χ1) is 18.8. The number of hydrazone groups is 1. The fourth-order valence-corrected chi connectivity index (χ4v) is 5.36. The molecule has 0 radical (unpaired) electrons. The van der Waals surface area contributed by atoms with E-state index in [9.17, 15) is 9.90 Å². The number of aliphatic hydroxyl groups is 1. The number of carbonyl (C=O) groups is 1. The van der Waals surface area contributed by atoms with Gasteiger partial charge in [0, 0.05) is 45.5 Å². The summed E-state index contributed by atoms with van der Waals surface area (Å²) in [5.74, 6) is 0.186. The predicted molar refractivity (Wildman–Crippen MR) is 143 cm³/mol. The predicted octanol–water partition coefficient (Wildman–Crippen LogP) is 2.28. The molecule has 2 N–H and O–H groups in total. The number of likely N-dealkylation sites (N-methyl/N-ethyl adjacent to an activating group) is 1. The van der Waals surface area contributed by atoms with Gasteiger partial charge in [0.15, 0.2) is 5.76 Å². The van der Waals surface area contributed by atoms with E-state index in [1.165, 1.54) is 4.90 Å². The lowest BCUT2D eigenvalue weighted by atomic mass is 9.94. The maximum atomic E-state index is 12.4. The molecule has 204 valence electrons. The van der Waals surface area contributed by atoms with Crippen molar-refractivity contribution in [2.75, 3.05) is 32.1 Å². The fourth-order valence-electron chi connectivity index (χ4n) is 5.36. The fraction of sp³-hybridized carbons (Fsp3) is 0.481. The van der Waals surface area contributed by atoms with Gasteiger partial charge in [0.1, 0.15) is 5.69 Å². The van der Waals surface area contributed by atoms with Gasteiger partial charge in [-0.25, -0.2) is 15.0 Å². The number of nitrogens with one attached hydrogen (secondary N) is 1. The topological polar surface area (TPSA) is 142 Å². The molecule has 1 amide bonds. The van der Waals surface area contributed by atoms with Crippen LogP contribution < -0.4 is 5.32 Å². The Kier molecular flexibility index (Phi) is 6.31. The third kappa shape index (κ3) is 4.53. The smallest absolute Gasteiger partial charge is 0.262 e. The lowest BCUT2D eigenvalue weighted by Gasteiger charge is -2.38. The molecule has 0 spiro atoms. The second-order valence-electron chi connectivity index (χ2n) is 10.6. The van der Waals surface area contributed by atoms with Gasteiger partial charge in [0.05, 0.1) is 40.9 Å². The van der Waals surface area contributed by atoms with Gasteiger partial charge in [-0.3, -0.25) is 9.80 Å². The Morgan fingerprint density at radius 3 is 2.59 bits per heavy atom. The van der Waals surface area contributed by atoms with Crippen molar-refractivity contribution in [3.8, 4) is 22.8 Å². The average Bonchev–Trinajstić information content (AvgIpc) is 3.64. The van der Waals surface area contributed by atoms with Crippen LogP contribution in [0.3, 0.4) is 0 Å². The van der Waals surface area contributed by atoms with Gasteiger partial charge >= 0.3 is 0 Å². The van der Waals surface area contributed by atoms with Gasteiger partial charge in [-0.05, 0) is 44.9 Å². The largest absolute Gasteiger partial charge is 0.381 e. The van der Waals surface area contributed by atoms with Gasteiger partial charge < -0.3 is 24.6 Å². The minimum atomic E-state index is -1.71. The Morgan fingerprint density at radius 1 is 1.10 bits per heavy atom. The Bertz CT molecular complexity index is 1410. The van der Waals surface area contributed by atoms with Crippen molar-refractivity contribution in [3.63, 3.8) is 0 Å². The van der Waals surface area contributed by atoms with Crippen molar-refractivity contribution in [1.82, 2.24) is 30.0 Å². The van der Waals surface area contributed by atoms with Crippen LogP contribution in [0.15, 0.2) is 46.2 Å². The van der Waals surface area contributed by atoms with E-state index in [4.69, 9.17) is 24.3 Å². The number of carbonyl (C=O) groups excluding carboxylic acids is 1. The van der Waals surface area contributed by atoms with Crippen molar-refractivity contribution in [2.45, 2.75) is 56.3 Å². The number of aromatic nitrogens is 4. The van der Waals surface area contributed by atoms with E-state index < -0.39 is 17.0 Å². The molecule has 3 atom stereocenters. The molecule has 3 aromatic heterocycles. The first kappa shape index (κ1) is 25.4. The van der Waals surface area contributed by atoms with Crippen LogP contribution in [0.5, 0.6) is 0 Å². The molecule has 0 bridgehead atoms. The van der Waals surface area contributed by atoms with Crippen molar-refractivity contribution in [3.05, 3.63) is 42.3 Å². The highest BCUT2D eigenvalue weighted by Crippen LogP contribution is 2.35. The number of rotatable bonds is 6. The van der Waals surface area contributed by atoms with Crippen LogP contribution in [0.4, 0.5) is 5.95 Å². The lowest BCUT2D eigenvalue weighted by Crippen LogP contribution is -2.52. The molecule has 0 aromatic carbocycles. The van der Waals surface area contributed by atoms with Gasteiger partial charge in [-0.2, -0.15) is 5.10 Å². The van der Waals surface area contributed by atoms with Crippen LogP contribution >= 0.6 is 0 Å². The summed E-state index contributed by atoms with van der Waals surface area (Å²) in [5, 5.41) is 25.3. The van der Waals surface area contributed by atoms with Crippen molar-refractivity contribution in [2.24, 2.45) is 5.10 Å². The van der Waals surface area contributed by atoms with E-state index >= 15 is 0 Å². The minimum absolute atomic E-state index is 0.108. The number of likely N-dealkylation sites (tertiary alicyclic amines) is 1. The third-order valence-corrected chi connectivity index (χ3v) is 8.03. The van der Waals surface area contributed by atoms with E-state index in [1.54, 1.807) is 31.4 Å².